The smallest absolute Gasteiger partial charge is 0.223 e. The van der Waals surface area contributed by atoms with E-state index in [1.54, 1.807) is 36.1 Å². The first-order valence-electron chi connectivity index (χ1n) is 7.23. The zero-order valence-corrected chi connectivity index (χ0v) is 12.8. The molecule has 1 aromatic carbocycles. The molecule has 0 aliphatic carbocycles. The van der Waals surface area contributed by atoms with Gasteiger partial charge in [-0.15, -0.1) is 0 Å². The molecule has 1 aliphatic heterocycles. The number of Topliss-reactive ketones (excluding diaryl/α,β-unsaturated/α-hetero) is 1. The molecule has 2 rings (SSSR count). The van der Waals surface area contributed by atoms with E-state index < -0.39 is 0 Å². The van der Waals surface area contributed by atoms with Gasteiger partial charge in [-0.1, -0.05) is 18.5 Å². The summed E-state index contributed by atoms with van der Waals surface area (Å²) in [7, 11) is 0. The number of likely N-dealkylation sites (tertiary alicyclic amines) is 1. The standard InChI is InChI=1S/C16H20ClNO3/c1-11(16(21)12-2-4-13(17)5-3-12)10-15(20)18-8-6-14(19)7-9-18/h2-5,11,14,19H,6-10H2,1H3. The van der Waals surface area contributed by atoms with Crippen LogP contribution in [0.4, 0.5) is 0 Å². The van der Waals surface area contributed by atoms with Crippen LogP contribution in [-0.2, 0) is 4.79 Å². The van der Waals surface area contributed by atoms with Crippen LogP contribution >= 0.6 is 11.6 Å². The fourth-order valence-corrected chi connectivity index (χ4v) is 2.62. The lowest BCUT2D eigenvalue weighted by atomic mass is 9.95. The van der Waals surface area contributed by atoms with Gasteiger partial charge in [0.05, 0.1) is 6.10 Å². The summed E-state index contributed by atoms with van der Waals surface area (Å²) in [6, 6.07) is 6.72. The van der Waals surface area contributed by atoms with Crippen molar-refractivity contribution in [2.75, 3.05) is 13.1 Å². The molecule has 114 valence electrons. The van der Waals surface area contributed by atoms with Crippen molar-refractivity contribution in [3.05, 3.63) is 34.9 Å². The number of hydrogen-bond acceptors (Lipinski definition) is 3. The van der Waals surface area contributed by atoms with E-state index in [0.29, 0.717) is 36.5 Å². The Morgan fingerprint density at radius 1 is 1.29 bits per heavy atom. The lowest BCUT2D eigenvalue weighted by molar-refractivity contribution is -0.133. The number of aliphatic hydroxyl groups excluding tert-OH is 1. The topological polar surface area (TPSA) is 57.6 Å². The Labute approximate surface area is 129 Å². The molecule has 1 heterocycles. The first kappa shape index (κ1) is 16.0. The Morgan fingerprint density at radius 3 is 2.43 bits per heavy atom. The molecule has 5 heteroatoms. The van der Waals surface area contributed by atoms with Crippen molar-refractivity contribution in [2.45, 2.75) is 32.3 Å². The second-order valence-corrected chi connectivity index (χ2v) is 6.02. The molecule has 0 bridgehead atoms. The number of carbonyl (C=O) groups is 2. The quantitative estimate of drug-likeness (QED) is 0.870. The molecule has 1 unspecified atom stereocenters. The lowest BCUT2D eigenvalue weighted by Crippen LogP contribution is -2.41. The van der Waals surface area contributed by atoms with Gasteiger partial charge >= 0.3 is 0 Å². The van der Waals surface area contributed by atoms with Gasteiger partial charge in [0.1, 0.15) is 0 Å². The maximum absolute atomic E-state index is 12.3. The predicted octanol–water partition coefficient (Wildman–Crippen LogP) is 2.53. The van der Waals surface area contributed by atoms with Gasteiger partial charge in [0.25, 0.3) is 0 Å². The normalized spacial score (nSPS) is 17.6. The Hall–Kier alpha value is -1.39. The zero-order chi connectivity index (χ0) is 15.4. The number of hydrogen-bond donors (Lipinski definition) is 1. The van der Waals surface area contributed by atoms with Crippen LogP contribution in [0.5, 0.6) is 0 Å². The van der Waals surface area contributed by atoms with E-state index >= 15 is 0 Å². The summed E-state index contributed by atoms with van der Waals surface area (Å²) in [4.78, 5) is 26.2. The third kappa shape index (κ3) is 4.29. The average Bonchev–Trinajstić information content (AvgIpc) is 2.47. The largest absolute Gasteiger partial charge is 0.393 e. The second-order valence-electron chi connectivity index (χ2n) is 5.59. The van der Waals surface area contributed by atoms with Gasteiger partial charge in [-0.05, 0) is 37.1 Å². The number of piperidine rings is 1. The molecule has 21 heavy (non-hydrogen) atoms. The van der Waals surface area contributed by atoms with Gasteiger partial charge in [-0.2, -0.15) is 0 Å². The van der Waals surface area contributed by atoms with Crippen LogP contribution in [0.2, 0.25) is 5.02 Å². The molecule has 0 saturated carbocycles. The van der Waals surface area contributed by atoms with Gasteiger partial charge in [0, 0.05) is 36.0 Å². The van der Waals surface area contributed by atoms with Crippen LogP contribution in [0, 0.1) is 5.92 Å². The van der Waals surface area contributed by atoms with Gasteiger partial charge < -0.3 is 10.0 Å². The van der Waals surface area contributed by atoms with Gasteiger partial charge in [0.2, 0.25) is 5.91 Å². The van der Waals surface area contributed by atoms with Crippen molar-refractivity contribution in [1.29, 1.82) is 0 Å². The SMILES string of the molecule is CC(CC(=O)N1CCC(O)CC1)C(=O)c1ccc(Cl)cc1. The van der Waals surface area contributed by atoms with Crippen molar-refractivity contribution in [3.63, 3.8) is 0 Å². The lowest BCUT2D eigenvalue weighted by Gasteiger charge is -2.30. The van der Waals surface area contributed by atoms with Crippen molar-refractivity contribution < 1.29 is 14.7 Å². The second kappa shape index (κ2) is 7.05. The fraction of sp³-hybridized carbons (Fsp3) is 0.500. The zero-order valence-electron chi connectivity index (χ0n) is 12.1. The van der Waals surface area contributed by atoms with Crippen LogP contribution in [-0.4, -0.2) is 40.9 Å². The molecule has 0 radical (unpaired) electrons. The minimum absolute atomic E-state index is 0.0169. The number of ketones is 1. The molecule has 1 N–H and O–H groups in total. The molecule has 1 atom stereocenters. The average molecular weight is 310 g/mol. The minimum Gasteiger partial charge on any atom is -0.393 e. The molecule has 1 amide bonds. The van der Waals surface area contributed by atoms with E-state index in [-0.39, 0.29) is 30.1 Å². The number of rotatable bonds is 4. The number of aliphatic hydroxyl groups is 1. The van der Waals surface area contributed by atoms with E-state index in [1.807, 2.05) is 0 Å². The summed E-state index contributed by atoms with van der Waals surface area (Å²) in [5, 5.41) is 10.0. The number of benzene rings is 1. The molecular formula is C16H20ClNO3. The van der Waals surface area contributed by atoms with Crippen molar-refractivity contribution in [2.24, 2.45) is 5.92 Å². The molecule has 1 aromatic rings. The van der Waals surface area contributed by atoms with E-state index in [0.717, 1.165) is 0 Å². The minimum atomic E-state index is -0.356. The first-order valence-corrected chi connectivity index (χ1v) is 7.61. The Bertz CT molecular complexity index is 507. The van der Waals surface area contributed by atoms with Crippen molar-refractivity contribution in [3.8, 4) is 0 Å². The highest BCUT2D eigenvalue weighted by atomic mass is 35.5. The van der Waals surface area contributed by atoms with Crippen LogP contribution < -0.4 is 0 Å². The van der Waals surface area contributed by atoms with Crippen LogP contribution in [0.1, 0.15) is 36.5 Å². The number of carbonyl (C=O) groups excluding carboxylic acids is 2. The van der Waals surface area contributed by atoms with E-state index in [9.17, 15) is 14.7 Å². The van der Waals surface area contributed by atoms with Crippen LogP contribution in [0.25, 0.3) is 0 Å². The van der Waals surface area contributed by atoms with E-state index in [1.165, 1.54) is 0 Å². The first-order chi connectivity index (χ1) is 9.97. The Morgan fingerprint density at radius 2 is 1.86 bits per heavy atom. The molecule has 0 spiro atoms. The highest BCUT2D eigenvalue weighted by Gasteiger charge is 2.25. The van der Waals surface area contributed by atoms with Crippen molar-refractivity contribution >= 4 is 23.3 Å². The molecule has 1 aliphatic rings. The van der Waals surface area contributed by atoms with E-state index in [4.69, 9.17) is 11.6 Å². The summed E-state index contributed by atoms with van der Waals surface area (Å²) in [6.07, 6.45) is 1.14. The number of amides is 1. The summed E-state index contributed by atoms with van der Waals surface area (Å²) in [5.74, 6) is -0.417. The van der Waals surface area contributed by atoms with E-state index in [2.05, 4.69) is 0 Å². The summed E-state index contributed by atoms with van der Waals surface area (Å²) < 4.78 is 0. The molecule has 4 nitrogen and oxygen atoms in total. The monoisotopic (exact) mass is 309 g/mol. The van der Waals surface area contributed by atoms with Crippen LogP contribution in [0.3, 0.4) is 0 Å². The maximum Gasteiger partial charge on any atom is 0.223 e. The highest BCUT2D eigenvalue weighted by Crippen LogP contribution is 2.18. The van der Waals surface area contributed by atoms with Gasteiger partial charge in [0.15, 0.2) is 5.78 Å². The summed E-state index contributed by atoms with van der Waals surface area (Å²) in [5.41, 5.74) is 0.578. The fourth-order valence-electron chi connectivity index (χ4n) is 2.50. The summed E-state index contributed by atoms with van der Waals surface area (Å²) >= 11 is 5.80. The molecule has 1 saturated heterocycles. The predicted molar refractivity (Wildman–Crippen MR) is 81.4 cm³/mol. The third-order valence-electron chi connectivity index (χ3n) is 3.87. The van der Waals surface area contributed by atoms with Crippen molar-refractivity contribution in [1.82, 2.24) is 4.90 Å². The third-order valence-corrected chi connectivity index (χ3v) is 4.13. The molecular weight excluding hydrogens is 290 g/mol. The Kier molecular flexibility index (Phi) is 5.37. The van der Waals surface area contributed by atoms with Gasteiger partial charge in [-0.25, -0.2) is 0 Å². The van der Waals surface area contributed by atoms with Gasteiger partial charge in [-0.3, -0.25) is 9.59 Å². The van der Waals surface area contributed by atoms with Crippen LogP contribution in [0.15, 0.2) is 24.3 Å². The number of halogens is 1. The molecule has 1 fully saturated rings. The summed E-state index contributed by atoms with van der Waals surface area (Å²) in [6.45, 7) is 2.91. The molecule has 0 aromatic heterocycles. The Balaban J connectivity index is 1.91. The maximum atomic E-state index is 12.3. The number of nitrogens with zero attached hydrogens (tertiary/aromatic N) is 1. The highest BCUT2D eigenvalue weighted by molar-refractivity contribution is 6.30.